The maximum Gasteiger partial charge on any atom is 0.263 e. The van der Waals surface area contributed by atoms with Crippen LogP contribution in [-0.2, 0) is 0 Å². The first kappa shape index (κ1) is 6.89. The molecule has 2 unspecified atom stereocenters. The van der Waals surface area contributed by atoms with Crippen molar-refractivity contribution in [2.75, 3.05) is 0 Å². The molecule has 2 saturated carbocycles. The lowest BCUT2D eigenvalue weighted by molar-refractivity contribution is 0.367. The van der Waals surface area contributed by atoms with Crippen LogP contribution in [0.25, 0.3) is 0 Å². The minimum atomic E-state index is 0.245. The molecule has 0 aliphatic heterocycles. The number of fused-ring (bicyclic) bond motifs is 1. The summed E-state index contributed by atoms with van der Waals surface area (Å²) in [6.45, 7) is 0. The summed E-state index contributed by atoms with van der Waals surface area (Å²) >= 11 is 5.57. The Morgan fingerprint density at radius 3 is 2.67 bits per heavy atom. The van der Waals surface area contributed by atoms with Crippen LogP contribution < -0.4 is 0 Å². The Kier molecular flexibility index (Phi) is 1.28. The van der Waals surface area contributed by atoms with Gasteiger partial charge in [-0.25, -0.2) is 0 Å². The van der Waals surface area contributed by atoms with Crippen molar-refractivity contribution in [1.82, 2.24) is 10.1 Å². The second kappa shape index (κ2) is 2.22. The van der Waals surface area contributed by atoms with E-state index in [0.29, 0.717) is 5.92 Å². The summed E-state index contributed by atoms with van der Waals surface area (Å²) in [4.78, 5) is 4.04. The number of halogens is 1. The molecule has 1 aromatic rings. The van der Waals surface area contributed by atoms with Gasteiger partial charge in [0.1, 0.15) is 0 Å². The summed E-state index contributed by atoms with van der Waals surface area (Å²) in [6.07, 6.45) is 4.03. The summed E-state index contributed by atoms with van der Waals surface area (Å²) in [6, 6.07) is 0. The molecule has 0 bridgehead atoms. The van der Waals surface area contributed by atoms with E-state index >= 15 is 0 Å². The molecule has 0 radical (unpaired) electrons. The van der Waals surface area contributed by atoms with Crippen molar-refractivity contribution in [1.29, 1.82) is 0 Å². The van der Waals surface area contributed by atoms with E-state index in [1.807, 2.05) is 0 Å². The van der Waals surface area contributed by atoms with Gasteiger partial charge in [-0.1, -0.05) is 6.42 Å². The molecule has 0 aromatic carbocycles. The van der Waals surface area contributed by atoms with Gasteiger partial charge in [0.2, 0.25) is 5.89 Å². The first-order chi connectivity index (χ1) is 5.86. The van der Waals surface area contributed by atoms with Crippen molar-refractivity contribution in [3.63, 3.8) is 0 Å². The zero-order chi connectivity index (χ0) is 8.13. The van der Waals surface area contributed by atoms with E-state index in [4.69, 9.17) is 16.1 Å². The highest BCUT2D eigenvalue weighted by atomic mass is 35.5. The third-order valence-corrected chi connectivity index (χ3v) is 3.26. The molecule has 64 valence electrons. The average molecular weight is 185 g/mol. The van der Waals surface area contributed by atoms with E-state index < -0.39 is 0 Å². The standard InChI is InChI=1S/C8H9ClN2O/c9-8-10-7(12-11-8)6-4-2-1-3-5(4)6/h4-6H,1-3H2. The normalized spacial score (nSPS) is 38.2. The Hall–Kier alpha value is -0.570. The maximum absolute atomic E-state index is 5.57. The van der Waals surface area contributed by atoms with Gasteiger partial charge in [-0.3, -0.25) is 0 Å². The largest absolute Gasteiger partial charge is 0.338 e. The van der Waals surface area contributed by atoms with Gasteiger partial charge in [0, 0.05) is 5.92 Å². The minimum Gasteiger partial charge on any atom is -0.338 e. The third-order valence-electron chi connectivity index (χ3n) is 3.11. The van der Waals surface area contributed by atoms with Crippen LogP contribution in [0, 0.1) is 11.8 Å². The minimum absolute atomic E-state index is 0.245. The Bertz CT molecular complexity index is 302. The van der Waals surface area contributed by atoms with Crippen molar-refractivity contribution in [3.8, 4) is 0 Å². The molecular weight excluding hydrogens is 176 g/mol. The van der Waals surface area contributed by atoms with Crippen LogP contribution in [0.2, 0.25) is 5.28 Å². The molecule has 1 aromatic heterocycles. The topological polar surface area (TPSA) is 38.9 Å². The van der Waals surface area contributed by atoms with Crippen LogP contribution >= 0.6 is 11.6 Å². The zero-order valence-electron chi connectivity index (χ0n) is 6.53. The van der Waals surface area contributed by atoms with Crippen molar-refractivity contribution < 1.29 is 4.52 Å². The fourth-order valence-electron chi connectivity index (χ4n) is 2.54. The quantitative estimate of drug-likeness (QED) is 0.672. The Balaban J connectivity index is 1.84. The first-order valence-corrected chi connectivity index (χ1v) is 4.73. The maximum atomic E-state index is 5.57. The molecule has 3 rings (SSSR count). The Morgan fingerprint density at radius 2 is 2.08 bits per heavy atom. The second-order valence-electron chi connectivity index (χ2n) is 3.69. The number of rotatable bonds is 1. The van der Waals surface area contributed by atoms with Gasteiger partial charge in [0.15, 0.2) is 0 Å². The van der Waals surface area contributed by atoms with Gasteiger partial charge in [-0.05, 0) is 41.4 Å². The average Bonchev–Trinajstić information content (AvgIpc) is 2.55. The molecule has 2 fully saturated rings. The summed E-state index contributed by atoms with van der Waals surface area (Å²) in [5.41, 5.74) is 0. The van der Waals surface area contributed by atoms with E-state index in [2.05, 4.69) is 10.1 Å². The summed E-state index contributed by atoms with van der Waals surface area (Å²) in [7, 11) is 0. The third kappa shape index (κ3) is 0.829. The molecular formula is C8H9ClN2O. The molecule has 0 spiro atoms. The van der Waals surface area contributed by atoms with E-state index in [1.165, 1.54) is 19.3 Å². The lowest BCUT2D eigenvalue weighted by Crippen LogP contribution is -1.86. The van der Waals surface area contributed by atoms with Gasteiger partial charge in [0.05, 0.1) is 0 Å². The van der Waals surface area contributed by atoms with E-state index in [1.54, 1.807) is 0 Å². The molecule has 2 aliphatic rings. The van der Waals surface area contributed by atoms with E-state index in [9.17, 15) is 0 Å². The van der Waals surface area contributed by atoms with Crippen molar-refractivity contribution >= 4 is 11.6 Å². The number of hydrogen-bond acceptors (Lipinski definition) is 3. The molecule has 4 heteroatoms. The van der Waals surface area contributed by atoms with Crippen molar-refractivity contribution in [2.24, 2.45) is 11.8 Å². The lowest BCUT2D eigenvalue weighted by Gasteiger charge is -1.94. The molecule has 2 aliphatic carbocycles. The zero-order valence-corrected chi connectivity index (χ0v) is 7.29. The molecule has 2 atom stereocenters. The Morgan fingerprint density at radius 1 is 1.33 bits per heavy atom. The number of hydrogen-bond donors (Lipinski definition) is 0. The van der Waals surface area contributed by atoms with Crippen molar-refractivity contribution in [2.45, 2.75) is 25.2 Å². The van der Waals surface area contributed by atoms with Crippen LogP contribution in [0.1, 0.15) is 31.1 Å². The number of nitrogens with zero attached hydrogens (tertiary/aromatic N) is 2. The highest BCUT2D eigenvalue weighted by Gasteiger charge is 2.56. The van der Waals surface area contributed by atoms with Crippen LogP contribution in [0.4, 0.5) is 0 Å². The first-order valence-electron chi connectivity index (χ1n) is 4.35. The summed E-state index contributed by atoms with van der Waals surface area (Å²) in [5.74, 6) is 2.94. The fourth-order valence-corrected chi connectivity index (χ4v) is 2.66. The van der Waals surface area contributed by atoms with E-state index in [0.717, 1.165) is 17.7 Å². The predicted octanol–water partition coefficient (Wildman–Crippen LogP) is 2.24. The second-order valence-corrected chi connectivity index (χ2v) is 4.02. The van der Waals surface area contributed by atoms with Crippen LogP contribution in [0.3, 0.4) is 0 Å². The Labute approximate surface area is 75.1 Å². The molecule has 3 nitrogen and oxygen atoms in total. The predicted molar refractivity (Wildman–Crippen MR) is 42.9 cm³/mol. The summed E-state index contributed by atoms with van der Waals surface area (Å²) in [5, 5.41) is 3.83. The van der Waals surface area contributed by atoms with Gasteiger partial charge in [-0.15, -0.1) is 0 Å². The lowest BCUT2D eigenvalue weighted by atomic mass is 10.1. The van der Waals surface area contributed by atoms with Crippen LogP contribution in [0.15, 0.2) is 4.52 Å². The fraction of sp³-hybridized carbons (Fsp3) is 0.750. The smallest absolute Gasteiger partial charge is 0.263 e. The summed E-state index contributed by atoms with van der Waals surface area (Å²) < 4.78 is 5.03. The monoisotopic (exact) mass is 184 g/mol. The molecule has 0 amide bonds. The highest BCUT2D eigenvalue weighted by molar-refractivity contribution is 6.28. The van der Waals surface area contributed by atoms with Gasteiger partial charge in [-0.2, -0.15) is 4.98 Å². The molecule has 0 N–H and O–H groups in total. The van der Waals surface area contributed by atoms with Gasteiger partial charge in [0.25, 0.3) is 5.28 Å². The number of aromatic nitrogens is 2. The van der Waals surface area contributed by atoms with Gasteiger partial charge < -0.3 is 4.52 Å². The molecule has 0 saturated heterocycles. The SMILES string of the molecule is Clc1noc(C2C3CCCC32)n1. The molecule has 1 heterocycles. The molecule has 12 heavy (non-hydrogen) atoms. The van der Waals surface area contributed by atoms with Crippen LogP contribution in [0.5, 0.6) is 0 Å². The highest BCUT2D eigenvalue weighted by Crippen LogP contribution is 2.62. The van der Waals surface area contributed by atoms with E-state index in [-0.39, 0.29) is 5.28 Å². The van der Waals surface area contributed by atoms with Crippen LogP contribution in [-0.4, -0.2) is 10.1 Å². The van der Waals surface area contributed by atoms with Gasteiger partial charge >= 0.3 is 0 Å². The van der Waals surface area contributed by atoms with Crippen molar-refractivity contribution in [3.05, 3.63) is 11.2 Å².